The Morgan fingerprint density at radius 2 is 1.93 bits per heavy atom. The highest BCUT2D eigenvalue weighted by Gasteiger charge is 2.33. The summed E-state index contributed by atoms with van der Waals surface area (Å²) in [6.07, 6.45) is -0.203. The minimum atomic E-state index is -3.18. The van der Waals surface area contributed by atoms with Crippen LogP contribution in [0.25, 0.3) is 0 Å². The minimum Gasteiger partial charge on any atom is -0.378 e. The van der Waals surface area contributed by atoms with E-state index >= 15 is 0 Å². The molecule has 0 bridgehead atoms. The topological polar surface area (TPSA) is 55.8 Å². The summed E-state index contributed by atoms with van der Waals surface area (Å²) in [6.45, 7) is 6.92. The van der Waals surface area contributed by atoms with E-state index < -0.39 is 7.37 Å². The molecule has 1 atom stereocenters. The molecule has 88 valence electrons. The van der Waals surface area contributed by atoms with Gasteiger partial charge in [0.2, 0.25) is 0 Å². The number of amides is 1. The number of nitrogens with zero attached hydrogens (tertiary/aromatic N) is 1. The van der Waals surface area contributed by atoms with Crippen LogP contribution in [0.3, 0.4) is 0 Å². The molecule has 0 aromatic rings. The average molecular weight is 235 g/mol. The van der Waals surface area contributed by atoms with E-state index in [1.807, 2.05) is 0 Å². The minimum absolute atomic E-state index is 0.203. The standard InChI is InChI=1S/C9H18NO4P/c1-8(2)14-15(3,12)9(11)10-4-6-13-7-5-10/h8H,4-7H2,1-3H3/t15-/m0/s1. The first kappa shape index (κ1) is 12.7. The third-order valence-electron chi connectivity index (χ3n) is 2.04. The first-order chi connectivity index (χ1) is 6.93. The maximum atomic E-state index is 12.0. The second-order valence-electron chi connectivity index (χ2n) is 3.88. The molecule has 1 fully saturated rings. The summed E-state index contributed by atoms with van der Waals surface area (Å²) in [5.41, 5.74) is -0.389. The van der Waals surface area contributed by atoms with Crippen LogP contribution in [0.1, 0.15) is 13.8 Å². The number of carbonyl (C=O) groups excluding carboxylic acids is 1. The van der Waals surface area contributed by atoms with Gasteiger partial charge in [0.25, 0.3) is 7.37 Å². The van der Waals surface area contributed by atoms with E-state index in [9.17, 15) is 9.36 Å². The predicted octanol–water partition coefficient (Wildman–Crippen LogP) is 1.77. The Morgan fingerprint density at radius 1 is 1.40 bits per heavy atom. The molecule has 0 aliphatic carbocycles. The molecule has 0 spiro atoms. The lowest BCUT2D eigenvalue weighted by Crippen LogP contribution is -2.40. The Labute approximate surface area is 90.2 Å². The average Bonchev–Trinajstić information content (AvgIpc) is 2.16. The number of ether oxygens (including phenoxy) is 1. The van der Waals surface area contributed by atoms with Crippen LogP contribution in [0.4, 0.5) is 4.79 Å². The molecule has 5 nitrogen and oxygen atoms in total. The summed E-state index contributed by atoms with van der Waals surface area (Å²) in [7, 11) is -3.18. The Bertz CT molecular complexity index is 273. The highest BCUT2D eigenvalue weighted by atomic mass is 31.2. The summed E-state index contributed by atoms with van der Waals surface area (Å²) in [6, 6.07) is 0. The van der Waals surface area contributed by atoms with Crippen molar-refractivity contribution < 1.29 is 18.6 Å². The van der Waals surface area contributed by atoms with Gasteiger partial charge in [-0.05, 0) is 13.8 Å². The fourth-order valence-corrected chi connectivity index (χ4v) is 3.07. The fraction of sp³-hybridized carbons (Fsp3) is 0.889. The maximum absolute atomic E-state index is 12.0. The Balaban J connectivity index is 2.61. The van der Waals surface area contributed by atoms with Gasteiger partial charge in [0.1, 0.15) is 0 Å². The second-order valence-corrected chi connectivity index (χ2v) is 6.17. The van der Waals surface area contributed by atoms with E-state index in [1.165, 1.54) is 6.66 Å². The van der Waals surface area contributed by atoms with Crippen LogP contribution < -0.4 is 0 Å². The number of hydrogen-bond acceptors (Lipinski definition) is 4. The Hall–Kier alpha value is -0.380. The van der Waals surface area contributed by atoms with E-state index in [-0.39, 0.29) is 11.8 Å². The number of carbonyl (C=O) groups is 1. The van der Waals surface area contributed by atoms with Gasteiger partial charge in [-0.25, -0.2) is 0 Å². The quantitative estimate of drug-likeness (QED) is 0.699. The molecule has 0 aromatic carbocycles. The summed E-state index contributed by atoms with van der Waals surface area (Å²) >= 11 is 0. The van der Waals surface area contributed by atoms with Gasteiger partial charge < -0.3 is 14.2 Å². The van der Waals surface area contributed by atoms with Gasteiger partial charge in [-0.15, -0.1) is 0 Å². The largest absolute Gasteiger partial charge is 0.378 e. The van der Waals surface area contributed by atoms with E-state index in [4.69, 9.17) is 9.26 Å². The van der Waals surface area contributed by atoms with Crippen LogP contribution in [-0.2, 0) is 13.8 Å². The second kappa shape index (κ2) is 5.10. The molecule has 1 aliphatic rings. The molecular formula is C9H18NO4P. The van der Waals surface area contributed by atoms with Gasteiger partial charge in [-0.3, -0.25) is 9.36 Å². The van der Waals surface area contributed by atoms with Crippen LogP contribution in [-0.4, -0.2) is 49.6 Å². The molecular weight excluding hydrogens is 217 g/mol. The van der Waals surface area contributed by atoms with Crippen LogP contribution in [0.2, 0.25) is 0 Å². The molecule has 0 saturated carbocycles. The molecule has 6 heteroatoms. The molecule has 1 amide bonds. The molecule has 15 heavy (non-hydrogen) atoms. The van der Waals surface area contributed by atoms with Gasteiger partial charge >= 0.3 is 5.65 Å². The lowest BCUT2D eigenvalue weighted by Gasteiger charge is -2.29. The van der Waals surface area contributed by atoms with Crippen molar-refractivity contribution in [2.45, 2.75) is 20.0 Å². The van der Waals surface area contributed by atoms with Gasteiger partial charge in [0.15, 0.2) is 0 Å². The van der Waals surface area contributed by atoms with Gasteiger partial charge in [-0.2, -0.15) is 0 Å². The van der Waals surface area contributed by atoms with Crippen molar-refractivity contribution in [3.05, 3.63) is 0 Å². The van der Waals surface area contributed by atoms with Gasteiger partial charge in [0.05, 0.1) is 19.3 Å². The fourth-order valence-electron chi connectivity index (χ4n) is 1.46. The van der Waals surface area contributed by atoms with Crippen LogP contribution in [0.15, 0.2) is 0 Å². The lowest BCUT2D eigenvalue weighted by atomic mass is 10.5. The lowest BCUT2D eigenvalue weighted by molar-refractivity contribution is 0.0577. The van der Waals surface area contributed by atoms with Crippen molar-refractivity contribution in [3.8, 4) is 0 Å². The maximum Gasteiger partial charge on any atom is 0.308 e. The Morgan fingerprint density at radius 3 is 2.40 bits per heavy atom. The molecule has 0 unspecified atom stereocenters. The normalized spacial score (nSPS) is 21.5. The number of hydrogen-bond donors (Lipinski definition) is 0. The van der Waals surface area contributed by atoms with Crippen molar-refractivity contribution in [2.24, 2.45) is 0 Å². The van der Waals surface area contributed by atoms with Crippen LogP contribution in [0, 0.1) is 0 Å². The zero-order chi connectivity index (χ0) is 11.5. The highest BCUT2D eigenvalue weighted by Crippen LogP contribution is 2.46. The smallest absolute Gasteiger partial charge is 0.308 e. The third-order valence-corrected chi connectivity index (χ3v) is 3.84. The SMILES string of the molecule is CC(C)O[P@](C)(=O)C(=O)N1CCOCC1. The van der Waals surface area contributed by atoms with Crippen LogP contribution >= 0.6 is 7.37 Å². The number of morpholine rings is 1. The molecule has 1 saturated heterocycles. The summed E-state index contributed by atoms with van der Waals surface area (Å²) in [4.78, 5) is 13.4. The van der Waals surface area contributed by atoms with E-state index in [0.717, 1.165) is 0 Å². The zero-order valence-corrected chi connectivity index (χ0v) is 10.3. The third kappa shape index (κ3) is 3.59. The van der Waals surface area contributed by atoms with Gasteiger partial charge in [0, 0.05) is 19.8 Å². The summed E-state index contributed by atoms with van der Waals surface area (Å²) < 4.78 is 22.3. The monoisotopic (exact) mass is 235 g/mol. The molecule has 0 aromatic heterocycles. The van der Waals surface area contributed by atoms with Crippen molar-refractivity contribution >= 4 is 13.0 Å². The first-order valence-electron chi connectivity index (χ1n) is 5.06. The highest BCUT2D eigenvalue weighted by molar-refractivity contribution is 7.75. The summed E-state index contributed by atoms with van der Waals surface area (Å²) in [5.74, 6) is 0. The van der Waals surface area contributed by atoms with Crippen molar-refractivity contribution in [2.75, 3.05) is 33.0 Å². The number of rotatable bonds is 3. The van der Waals surface area contributed by atoms with Crippen molar-refractivity contribution in [3.63, 3.8) is 0 Å². The first-order valence-corrected chi connectivity index (χ1v) is 7.14. The van der Waals surface area contributed by atoms with Crippen molar-refractivity contribution in [1.29, 1.82) is 0 Å². The Kier molecular flexibility index (Phi) is 4.32. The van der Waals surface area contributed by atoms with Crippen LogP contribution in [0.5, 0.6) is 0 Å². The molecule has 1 aliphatic heterocycles. The molecule has 1 rings (SSSR count). The molecule has 0 N–H and O–H groups in total. The summed E-state index contributed by atoms with van der Waals surface area (Å²) in [5, 5.41) is 0. The predicted molar refractivity (Wildman–Crippen MR) is 57.5 cm³/mol. The molecule has 1 heterocycles. The molecule has 0 radical (unpaired) electrons. The zero-order valence-electron chi connectivity index (χ0n) is 9.43. The van der Waals surface area contributed by atoms with E-state index in [0.29, 0.717) is 26.3 Å². The van der Waals surface area contributed by atoms with E-state index in [2.05, 4.69) is 0 Å². The van der Waals surface area contributed by atoms with Gasteiger partial charge in [-0.1, -0.05) is 0 Å². The van der Waals surface area contributed by atoms with E-state index in [1.54, 1.807) is 18.7 Å². The van der Waals surface area contributed by atoms with Crippen molar-refractivity contribution in [1.82, 2.24) is 4.90 Å².